The SMILES string of the molecule is CCCCCc1c([SeH])[nH]c(=O)n(C)c1=O. The summed E-state index contributed by atoms with van der Waals surface area (Å²) < 4.78 is 1.77. The van der Waals surface area contributed by atoms with Gasteiger partial charge < -0.3 is 0 Å². The predicted molar refractivity (Wildman–Crippen MR) is 62.3 cm³/mol. The molecule has 0 aliphatic heterocycles. The van der Waals surface area contributed by atoms with Crippen LogP contribution in [0.25, 0.3) is 0 Å². The van der Waals surface area contributed by atoms with Crippen molar-refractivity contribution in [3.63, 3.8) is 0 Å². The molecule has 0 aliphatic rings. The van der Waals surface area contributed by atoms with Crippen LogP contribution in [0.3, 0.4) is 0 Å². The summed E-state index contributed by atoms with van der Waals surface area (Å²) >= 11 is 2.26. The topological polar surface area (TPSA) is 54.9 Å². The fourth-order valence-corrected chi connectivity index (χ4v) is 2.07. The molecule has 1 N–H and O–H groups in total. The maximum atomic E-state index is 11.7. The van der Waals surface area contributed by atoms with Gasteiger partial charge >= 0.3 is 96.2 Å². The van der Waals surface area contributed by atoms with E-state index in [1.54, 1.807) is 0 Å². The van der Waals surface area contributed by atoms with Crippen LogP contribution in [-0.2, 0) is 13.5 Å². The Labute approximate surface area is 96.5 Å². The summed E-state index contributed by atoms with van der Waals surface area (Å²) in [6, 6.07) is 0. The molecule has 5 heteroatoms. The van der Waals surface area contributed by atoms with Crippen molar-refractivity contribution in [3.8, 4) is 0 Å². The van der Waals surface area contributed by atoms with E-state index in [4.69, 9.17) is 0 Å². The van der Waals surface area contributed by atoms with Crippen LogP contribution in [0.2, 0.25) is 0 Å². The van der Waals surface area contributed by atoms with Crippen molar-refractivity contribution in [1.82, 2.24) is 9.55 Å². The Hall–Kier alpha value is -0.801. The van der Waals surface area contributed by atoms with Crippen LogP contribution in [0.5, 0.6) is 0 Å². The van der Waals surface area contributed by atoms with Crippen molar-refractivity contribution in [2.24, 2.45) is 7.05 Å². The number of unbranched alkanes of at least 4 members (excludes halogenated alkanes) is 2. The second kappa shape index (κ2) is 5.33. The van der Waals surface area contributed by atoms with Gasteiger partial charge in [0.25, 0.3) is 0 Å². The number of rotatable bonds is 4. The number of aromatic amines is 1. The Bertz CT molecular complexity index is 448. The molecule has 1 heterocycles. The van der Waals surface area contributed by atoms with Gasteiger partial charge in [0, 0.05) is 0 Å². The van der Waals surface area contributed by atoms with E-state index in [1.807, 2.05) is 0 Å². The Kier molecular flexibility index (Phi) is 4.36. The van der Waals surface area contributed by atoms with Crippen molar-refractivity contribution < 1.29 is 0 Å². The van der Waals surface area contributed by atoms with Gasteiger partial charge in [0.15, 0.2) is 0 Å². The fourth-order valence-electron chi connectivity index (χ4n) is 1.43. The molecule has 0 radical (unpaired) electrons. The molecule has 0 bridgehead atoms. The molecule has 0 aromatic carbocycles. The van der Waals surface area contributed by atoms with Crippen molar-refractivity contribution in [1.29, 1.82) is 0 Å². The first-order chi connectivity index (χ1) is 7.07. The van der Waals surface area contributed by atoms with Gasteiger partial charge in [0.2, 0.25) is 0 Å². The molecule has 15 heavy (non-hydrogen) atoms. The molecule has 0 fully saturated rings. The molecule has 84 valence electrons. The summed E-state index contributed by atoms with van der Waals surface area (Å²) in [5.41, 5.74) is 0.186. The zero-order chi connectivity index (χ0) is 11.4. The molecule has 0 amide bonds. The maximum absolute atomic E-state index is 11.7. The summed E-state index contributed by atoms with van der Waals surface area (Å²) in [6.45, 7) is 2.12. The zero-order valence-corrected chi connectivity index (χ0v) is 10.9. The average molecular weight is 275 g/mol. The fraction of sp³-hybridized carbons (Fsp3) is 0.600. The number of nitrogens with one attached hydrogen (secondary N) is 1. The number of H-pyrrole nitrogens is 1. The number of aromatic nitrogens is 2. The van der Waals surface area contributed by atoms with Crippen molar-refractivity contribution in [3.05, 3.63) is 26.4 Å². The average Bonchev–Trinajstić information content (AvgIpc) is 2.20. The van der Waals surface area contributed by atoms with E-state index in [-0.39, 0.29) is 11.2 Å². The quantitative estimate of drug-likeness (QED) is 0.585. The standard InChI is InChI=1S/C10H16N2O2Se/c1-3-4-5-6-7-8(15)11-10(14)12(2)9(7)13/h15H,3-6H2,1-2H3,(H,11,14). The molecule has 0 aliphatic carbocycles. The van der Waals surface area contributed by atoms with E-state index in [9.17, 15) is 9.59 Å². The Morgan fingerprint density at radius 2 is 2.00 bits per heavy atom. The van der Waals surface area contributed by atoms with Crippen molar-refractivity contribution in [2.75, 3.05) is 0 Å². The Morgan fingerprint density at radius 1 is 1.33 bits per heavy atom. The van der Waals surface area contributed by atoms with Gasteiger partial charge in [0.1, 0.15) is 0 Å². The van der Waals surface area contributed by atoms with E-state index >= 15 is 0 Å². The van der Waals surface area contributed by atoms with Crippen LogP contribution < -0.4 is 15.8 Å². The third kappa shape index (κ3) is 2.83. The van der Waals surface area contributed by atoms with Gasteiger partial charge in [-0.15, -0.1) is 0 Å². The first kappa shape index (κ1) is 12.3. The summed E-state index contributed by atoms with van der Waals surface area (Å²) in [6.07, 6.45) is 3.95. The van der Waals surface area contributed by atoms with Crippen LogP contribution in [0.1, 0.15) is 31.7 Å². The van der Waals surface area contributed by atoms with Gasteiger partial charge in [-0.2, -0.15) is 0 Å². The van der Waals surface area contributed by atoms with E-state index in [0.29, 0.717) is 10.2 Å². The predicted octanol–water partition coefficient (Wildman–Crippen LogP) is -0.668. The third-order valence-corrected chi connectivity index (χ3v) is 3.21. The molecule has 0 saturated heterocycles. The second-order valence-electron chi connectivity index (χ2n) is 3.58. The summed E-state index contributed by atoms with van der Waals surface area (Å²) in [5, 5.41) is 0. The van der Waals surface area contributed by atoms with E-state index in [0.717, 1.165) is 30.3 Å². The number of hydrogen-bond donors (Lipinski definition) is 1. The first-order valence-corrected chi connectivity index (χ1v) is 6.03. The van der Waals surface area contributed by atoms with Crippen LogP contribution in [0.15, 0.2) is 9.59 Å². The van der Waals surface area contributed by atoms with Crippen LogP contribution in [-0.4, -0.2) is 25.6 Å². The molecule has 1 rings (SSSR count). The van der Waals surface area contributed by atoms with E-state index in [1.165, 1.54) is 7.05 Å². The molecule has 0 spiro atoms. The molecule has 0 unspecified atom stereocenters. The molecular formula is C10H16N2O2Se. The van der Waals surface area contributed by atoms with Crippen LogP contribution in [0.4, 0.5) is 0 Å². The number of hydrogen-bond acceptors (Lipinski definition) is 2. The van der Waals surface area contributed by atoms with Gasteiger partial charge in [-0.25, -0.2) is 0 Å². The second-order valence-corrected chi connectivity index (χ2v) is 4.52. The normalized spacial score (nSPS) is 10.6. The summed E-state index contributed by atoms with van der Waals surface area (Å²) in [7, 11) is 1.50. The van der Waals surface area contributed by atoms with Gasteiger partial charge in [0.05, 0.1) is 0 Å². The van der Waals surface area contributed by atoms with Crippen LogP contribution in [0, 0.1) is 0 Å². The monoisotopic (exact) mass is 276 g/mol. The summed E-state index contributed by atoms with van der Waals surface area (Å²) in [5.74, 6) is 0. The minimum absolute atomic E-state index is 0.175. The molecule has 1 aromatic heterocycles. The molecule has 0 saturated carbocycles. The Balaban J connectivity index is 3.03. The molecule has 1 aromatic rings. The van der Waals surface area contributed by atoms with Gasteiger partial charge in [-0.05, 0) is 0 Å². The minimum atomic E-state index is -0.352. The zero-order valence-electron chi connectivity index (χ0n) is 9.04. The van der Waals surface area contributed by atoms with Crippen molar-refractivity contribution >= 4 is 20.6 Å². The van der Waals surface area contributed by atoms with Crippen LogP contribution >= 0.6 is 0 Å². The molecule has 4 nitrogen and oxygen atoms in total. The van der Waals surface area contributed by atoms with E-state index < -0.39 is 0 Å². The van der Waals surface area contributed by atoms with E-state index in [2.05, 4.69) is 27.9 Å². The summed E-state index contributed by atoms with van der Waals surface area (Å²) in [4.78, 5) is 25.6. The van der Waals surface area contributed by atoms with Gasteiger partial charge in [-0.3, -0.25) is 0 Å². The third-order valence-electron chi connectivity index (χ3n) is 2.41. The number of nitrogens with zero attached hydrogens (tertiary/aromatic N) is 1. The Morgan fingerprint density at radius 3 is 2.60 bits per heavy atom. The molecular weight excluding hydrogens is 259 g/mol. The molecule has 0 atom stereocenters. The van der Waals surface area contributed by atoms with Crippen molar-refractivity contribution in [2.45, 2.75) is 32.6 Å². The van der Waals surface area contributed by atoms with Gasteiger partial charge in [-0.1, -0.05) is 0 Å². The first-order valence-electron chi connectivity index (χ1n) is 5.09.